The van der Waals surface area contributed by atoms with Gasteiger partial charge in [-0.3, -0.25) is 14.5 Å². The molecule has 198 valence electrons. The number of amides is 1. The number of aliphatic hydroxyl groups excluding tert-OH is 1. The maximum Gasteiger partial charge on any atom is 0.338 e. The van der Waals surface area contributed by atoms with E-state index in [9.17, 15) is 19.5 Å². The Bertz CT molecular complexity index is 1650. The second-order valence-corrected chi connectivity index (χ2v) is 9.58. The fourth-order valence-electron chi connectivity index (χ4n) is 4.77. The summed E-state index contributed by atoms with van der Waals surface area (Å²) in [6, 6.07) is 19.5. The van der Waals surface area contributed by atoms with E-state index in [0.717, 1.165) is 5.56 Å². The topological polar surface area (TPSA) is 106 Å². The minimum atomic E-state index is -0.976. The molecule has 1 aliphatic rings. The van der Waals surface area contributed by atoms with Crippen LogP contribution >= 0.6 is 0 Å². The largest absolute Gasteiger partial charge is 0.503 e. The molecule has 0 saturated heterocycles. The van der Waals surface area contributed by atoms with E-state index in [0.29, 0.717) is 28.0 Å². The zero-order chi connectivity index (χ0) is 27.8. The summed E-state index contributed by atoms with van der Waals surface area (Å²) in [6.45, 7) is 5.38. The van der Waals surface area contributed by atoms with Gasteiger partial charge in [-0.2, -0.15) is 0 Å². The van der Waals surface area contributed by atoms with Gasteiger partial charge in [0, 0.05) is 11.1 Å². The van der Waals surface area contributed by atoms with Crippen molar-refractivity contribution in [1.82, 2.24) is 0 Å². The summed E-state index contributed by atoms with van der Waals surface area (Å²) in [5.41, 5.74) is 2.33. The second-order valence-electron chi connectivity index (χ2n) is 9.58. The number of aryl methyl sites for hydroxylation is 1. The lowest BCUT2D eigenvalue weighted by Crippen LogP contribution is -2.31. The normalized spacial score (nSPS) is 15.4. The molecule has 0 radical (unpaired) electrons. The summed E-state index contributed by atoms with van der Waals surface area (Å²) in [6.07, 6.45) is -0.327. The van der Waals surface area contributed by atoms with Gasteiger partial charge in [0.05, 0.1) is 30.4 Å². The van der Waals surface area contributed by atoms with Crippen LogP contribution in [0.1, 0.15) is 51.9 Å². The molecular formula is C31H27NO7. The number of hydrogen-bond donors (Lipinski definition) is 1. The van der Waals surface area contributed by atoms with Crippen LogP contribution in [0.25, 0.3) is 11.0 Å². The van der Waals surface area contributed by atoms with Crippen molar-refractivity contribution in [2.24, 2.45) is 0 Å². The molecule has 2 heterocycles. The van der Waals surface area contributed by atoms with Crippen LogP contribution in [0.4, 0.5) is 5.69 Å². The lowest BCUT2D eigenvalue weighted by molar-refractivity contribution is -0.117. The van der Waals surface area contributed by atoms with Gasteiger partial charge < -0.3 is 19.0 Å². The molecule has 0 saturated carbocycles. The highest BCUT2D eigenvalue weighted by atomic mass is 16.5. The number of hydrogen-bond acceptors (Lipinski definition) is 7. The second kappa shape index (κ2) is 10.1. The summed E-state index contributed by atoms with van der Waals surface area (Å²) in [5, 5.41) is 11.7. The van der Waals surface area contributed by atoms with E-state index in [1.807, 2.05) is 25.1 Å². The van der Waals surface area contributed by atoms with Gasteiger partial charge in [-0.1, -0.05) is 48.0 Å². The quantitative estimate of drug-likeness (QED) is 0.230. The van der Waals surface area contributed by atoms with E-state index in [1.165, 1.54) is 18.1 Å². The standard InChI is InChI=1S/C31H27NO7/c1-17(2)38-31(36)21-11-6-12-22(15-21)32-26(19-9-5-8-18(3)14-19)25(28(34)30(32)35)27(33)24-16-20-10-7-13-23(37-4)29(20)39-24/h5-17,26,34H,1-4H3. The molecule has 0 aliphatic carbocycles. The zero-order valence-electron chi connectivity index (χ0n) is 21.9. The van der Waals surface area contributed by atoms with E-state index in [1.54, 1.807) is 62.4 Å². The maximum absolute atomic E-state index is 13.9. The number of furan rings is 1. The molecule has 3 aromatic carbocycles. The van der Waals surface area contributed by atoms with Crippen LogP contribution < -0.4 is 9.64 Å². The Labute approximate surface area is 225 Å². The molecule has 0 spiro atoms. The molecule has 4 aromatic rings. The molecule has 1 unspecified atom stereocenters. The van der Waals surface area contributed by atoms with Gasteiger partial charge in [0.15, 0.2) is 22.9 Å². The lowest BCUT2D eigenvalue weighted by atomic mass is 9.93. The van der Waals surface area contributed by atoms with Crippen LogP contribution in [-0.4, -0.2) is 36.0 Å². The summed E-state index contributed by atoms with van der Waals surface area (Å²) in [7, 11) is 1.50. The first kappa shape index (κ1) is 25.8. The average molecular weight is 526 g/mol. The number of nitrogens with zero attached hydrogens (tertiary/aromatic N) is 1. The van der Waals surface area contributed by atoms with Gasteiger partial charge >= 0.3 is 5.97 Å². The fourth-order valence-corrected chi connectivity index (χ4v) is 4.77. The van der Waals surface area contributed by atoms with Crippen LogP contribution in [0, 0.1) is 6.92 Å². The maximum atomic E-state index is 13.9. The molecule has 1 N–H and O–H groups in total. The molecule has 1 atom stereocenters. The van der Waals surface area contributed by atoms with Gasteiger partial charge in [-0.25, -0.2) is 4.79 Å². The molecule has 1 aliphatic heterocycles. The number of Topliss-reactive ketones (excluding diaryl/α,β-unsaturated/α-hetero) is 1. The molecular weight excluding hydrogens is 498 g/mol. The molecule has 8 heteroatoms. The minimum Gasteiger partial charge on any atom is -0.503 e. The number of carbonyl (C=O) groups is 3. The number of carbonyl (C=O) groups excluding carboxylic acids is 3. The number of para-hydroxylation sites is 1. The SMILES string of the molecule is COc1cccc2cc(C(=O)C3=C(O)C(=O)N(c4cccc(C(=O)OC(C)C)c4)C3c3cccc(C)c3)oc12. The Morgan fingerprint density at radius 2 is 1.74 bits per heavy atom. The summed E-state index contributed by atoms with van der Waals surface area (Å²) in [4.78, 5) is 41.4. The van der Waals surface area contributed by atoms with Crippen molar-refractivity contribution in [3.8, 4) is 5.75 Å². The highest BCUT2D eigenvalue weighted by Crippen LogP contribution is 2.43. The monoisotopic (exact) mass is 525 g/mol. The number of rotatable bonds is 7. The first-order valence-electron chi connectivity index (χ1n) is 12.4. The van der Waals surface area contributed by atoms with E-state index in [-0.39, 0.29) is 23.0 Å². The number of anilines is 1. The highest BCUT2D eigenvalue weighted by molar-refractivity contribution is 6.21. The van der Waals surface area contributed by atoms with Crippen LogP contribution in [0.5, 0.6) is 5.75 Å². The minimum absolute atomic E-state index is 0.0439. The third-order valence-electron chi connectivity index (χ3n) is 6.47. The van der Waals surface area contributed by atoms with Gasteiger partial charge in [0.25, 0.3) is 5.91 Å². The number of ether oxygens (including phenoxy) is 2. The van der Waals surface area contributed by atoms with Crippen molar-refractivity contribution in [3.05, 3.63) is 107 Å². The Hall–Kier alpha value is -4.85. The van der Waals surface area contributed by atoms with Gasteiger partial charge in [0.2, 0.25) is 5.78 Å². The van der Waals surface area contributed by atoms with Crippen molar-refractivity contribution < 1.29 is 33.4 Å². The number of aliphatic hydroxyl groups is 1. The summed E-state index contributed by atoms with van der Waals surface area (Å²) in [5.74, 6) is -2.23. The highest BCUT2D eigenvalue weighted by Gasteiger charge is 2.45. The first-order chi connectivity index (χ1) is 18.7. The summed E-state index contributed by atoms with van der Waals surface area (Å²) >= 11 is 0. The predicted octanol–water partition coefficient (Wildman–Crippen LogP) is 6.10. The molecule has 1 amide bonds. The number of fused-ring (bicyclic) bond motifs is 1. The predicted molar refractivity (Wildman–Crippen MR) is 145 cm³/mol. The Kier molecular flexibility index (Phi) is 6.70. The molecule has 0 fully saturated rings. The van der Waals surface area contributed by atoms with Crippen LogP contribution in [-0.2, 0) is 9.53 Å². The zero-order valence-corrected chi connectivity index (χ0v) is 21.9. The Morgan fingerprint density at radius 1 is 1.00 bits per heavy atom. The lowest BCUT2D eigenvalue weighted by Gasteiger charge is -2.27. The van der Waals surface area contributed by atoms with Crippen molar-refractivity contribution in [2.45, 2.75) is 32.9 Å². The molecule has 1 aromatic heterocycles. The third kappa shape index (κ3) is 4.65. The first-order valence-corrected chi connectivity index (χ1v) is 12.4. The van der Waals surface area contributed by atoms with Crippen molar-refractivity contribution in [2.75, 3.05) is 12.0 Å². The molecule has 8 nitrogen and oxygen atoms in total. The van der Waals surface area contributed by atoms with Crippen molar-refractivity contribution in [1.29, 1.82) is 0 Å². The van der Waals surface area contributed by atoms with Gasteiger partial charge in [-0.15, -0.1) is 0 Å². The number of ketones is 1. The Morgan fingerprint density at radius 3 is 2.46 bits per heavy atom. The van der Waals surface area contributed by atoms with Crippen molar-refractivity contribution >= 4 is 34.3 Å². The van der Waals surface area contributed by atoms with E-state index < -0.39 is 29.5 Å². The number of benzene rings is 3. The Balaban J connectivity index is 1.63. The van der Waals surface area contributed by atoms with Gasteiger partial charge in [0.1, 0.15) is 0 Å². The van der Waals surface area contributed by atoms with Crippen LogP contribution in [0.15, 0.2) is 88.5 Å². The average Bonchev–Trinajstić information content (AvgIpc) is 3.47. The summed E-state index contributed by atoms with van der Waals surface area (Å²) < 4.78 is 16.5. The molecule has 5 rings (SSSR count). The van der Waals surface area contributed by atoms with Gasteiger partial charge in [-0.05, 0) is 56.7 Å². The number of esters is 1. The smallest absolute Gasteiger partial charge is 0.338 e. The van der Waals surface area contributed by atoms with E-state index in [2.05, 4.69) is 0 Å². The molecule has 0 bridgehead atoms. The third-order valence-corrected chi connectivity index (χ3v) is 6.47. The van der Waals surface area contributed by atoms with E-state index in [4.69, 9.17) is 13.9 Å². The van der Waals surface area contributed by atoms with Crippen LogP contribution in [0.3, 0.4) is 0 Å². The van der Waals surface area contributed by atoms with Crippen molar-refractivity contribution in [3.63, 3.8) is 0 Å². The number of methoxy groups -OCH3 is 1. The van der Waals surface area contributed by atoms with Crippen LogP contribution in [0.2, 0.25) is 0 Å². The fraction of sp³-hybridized carbons (Fsp3) is 0.194. The molecule has 39 heavy (non-hydrogen) atoms. The van der Waals surface area contributed by atoms with E-state index >= 15 is 0 Å².